The van der Waals surface area contributed by atoms with E-state index in [0.29, 0.717) is 12.1 Å². The molecule has 0 heterocycles. The predicted molar refractivity (Wildman–Crippen MR) is 84.4 cm³/mol. The third-order valence-corrected chi connectivity index (χ3v) is 5.14. The number of carbonyl (C=O) groups excluding carboxylic acids is 1. The van der Waals surface area contributed by atoms with E-state index in [2.05, 4.69) is 56.2 Å². The second-order valence-corrected chi connectivity index (χ2v) is 7.05. The summed E-state index contributed by atoms with van der Waals surface area (Å²) in [6, 6.07) is 5.59. The summed E-state index contributed by atoms with van der Waals surface area (Å²) in [6.45, 7) is 0.710. The standard InChI is InChI=1S/C14H18Br2N2O/c1-18(2)14(6-3-7-14)9-17-13(19)11-5-4-10(15)8-12(11)16/h4-5,8H,3,6-7,9H2,1-2H3,(H,17,19). The molecule has 0 saturated heterocycles. The summed E-state index contributed by atoms with van der Waals surface area (Å²) >= 11 is 6.81. The first-order valence-electron chi connectivity index (χ1n) is 6.35. The molecule has 1 aliphatic carbocycles. The normalized spacial score (nSPS) is 17.1. The molecule has 1 saturated carbocycles. The lowest BCUT2D eigenvalue weighted by Crippen LogP contribution is -2.57. The van der Waals surface area contributed by atoms with Crippen LogP contribution in [-0.4, -0.2) is 37.0 Å². The number of hydrogen-bond donors (Lipinski definition) is 1. The summed E-state index contributed by atoms with van der Waals surface area (Å²) in [4.78, 5) is 14.4. The van der Waals surface area contributed by atoms with Gasteiger partial charge in [0.25, 0.3) is 5.91 Å². The van der Waals surface area contributed by atoms with Crippen molar-refractivity contribution in [3.8, 4) is 0 Å². The lowest BCUT2D eigenvalue weighted by molar-refractivity contribution is 0.0557. The van der Waals surface area contributed by atoms with Crippen molar-refractivity contribution in [3.05, 3.63) is 32.7 Å². The molecule has 1 fully saturated rings. The van der Waals surface area contributed by atoms with Crippen LogP contribution >= 0.6 is 31.9 Å². The summed E-state index contributed by atoms with van der Waals surface area (Å²) < 4.78 is 1.77. The van der Waals surface area contributed by atoms with Crippen LogP contribution in [-0.2, 0) is 0 Å². The van der Waals surface area contributed by atoms with Gasteiger partial charge in [0.15, 0.2) is 0 Å². The minimum absolute atomic E-state index is 0.0208. The van der Waals surface area contributed by atoms with Crippen molar-refractivity contribution >= 4 is 37.8 Å². The number of benzene rings is 1. The van der Waals surface area contributed by atoms with Gasteiger partial charge in [0.1, 0.15) is 0 Å². The number of hydrogen-bond acceptors (Lipinski definition) is 2. The molecule has 3 nitrogen and oxygen atoms in total. The van der Waals surface area contributed by atoms with Crippen molar-refractivity contribution < 1.29 is 4.79 Å². The zero-order valence-corrected chi connectivity index (χ0v) is 14.3. The molecule has 104 valence electrons. The van der Waals surface area contributed by atoms with Crippen LogP contribution in [0, 0.1) is 0 Å². The molecule has 1 aliphatic rings. The van der Waals surface area contributed by atoms with E-state index in [1.165, 1.54) is 6.42 Å². The molecule has 0 bridgehead atoms. The zero-order chi connectivity index (χ0) is 14.0. The average Bonchev–Trinajstić information content (AvgIpc) is 2.26. The molecule has 1 aromatic rings. The Labute approximate surface area is 131 Å². The van der Waals surface area contributed by atoms with Gasteiger partial charge in [0.2, 0.25) is 0 Å². The van der Waals surface area contributed by atoms with Crippen LogP contribution in [0.1, 0.15) is 29.6 Å². The minimum atomic E-state index is -0.0208. The van der Waals surface area contributed by atoms with Gasteiger partial charge < -0.3 is 10.2 Å². The highest BCUT2D eigenvalue weighted by atomic mass is 79.9. The summed E-state index contributed by atoms with van der Waals surface area (Å²) in [6.07, 6.45) is 3.56. The maximum atomic E-state index is 12.2. The number of carbonyl (C=O) groups is 1. The Morgan fingerprint density at radius 2 is 2.05 bits per heavy atom. The van der Waals surface area contributed by atoms with Gasteiger partial charge >= 0.3 is 0 Å². The Morgan fingerprint density at radius 1 is 1.37 bits per heavy atom. The molecule has 2 rings (SSSR count). The van der Waals surface area contributed by atoms with E-state index in [9.17, 15) is 4.79 Å². The maximum Gasteiger partial charge on any atom is 0.252 e. The van der Waals surface area contributed by atoms with E-state index >= 15 is 0 Å². The van der Waals surface area contributed by atoms with Crippen LogP contribution in [0.4, 0.5) is 0 Å². The number of amides is 1. The quantitative estimate of drug-likeness (QED) is 0.855. The number of likely N-dealkylation sites (N-methyl/N-ethyl adjacent to an activating group) is 1. The Hall–Kier alpha value is -0.390. The first kappa shape index (κ1) is 15.0. The number of halogens is 2. The molecule has 5 heteroatoms. The van der Waals surface area contributed by atoms with Gasteiger partial charge in [-0.25, -0.2) is 0 Å². The predicted octanol–water partition coefficient (Wildman–Crippen LogP) is 3.43. The smallest absolute Gasteiger partial charge is 0.252 e. The van der Waals surface area contributed by atoms with Crippen molar-refractivity contribution in [2.45, 2.75) is 24.8 Å². The fraction of sp³-hybridized carbons (Fsp3) is 0.500. The molecular weight excluding hydrogens is 372 g/mol. The molecule has 0 spiro atoms. The van der Waals surface area contributed by atoms with E-state index in [4.69, 9.17) is 0 Å². The van der Waals surface area contributed by atoms with Crippen LogP contribution < -0.4 is 5.32 Å². The molecule has 1 N–H and O–H groups in total. The lowest BCUT2D eigenvalue weighted by Gasteiger charge is -2.47. The van der Waals surface area contributed by atoms with Crippen molar-refractivity contribution in [2.24, 2.45) is 0 Å². The second-order valence-electron chi connectivity index (χ2n) is 5.28. The summed E-state index contributed by atoms with van der Waals surface area (Å²) in [5, 5.41) is 3.06. The van der Waals surface area contributed by atoms with Crippen LogP contribution in [0.15, 0.2) is 27.1 Å². The first-order chi connectivity index (χ1) is 8.94. The lowest BCUT2D eigenvalue weighted by atomic mass is 9.75. The Bertz CT molecular complexity index is 484. The van der Waals surface area contributed by atoms with Crippen molar-refractivity contribution in [2.75, 3.05) is 20.6 Å². The topological polar surface area (TPSA) is 32.3 Å². The summed E-state index contributed by atoms with van der Waals surface area (Å²) in [5.74, 6) is -0.0208. The average molecular weight is 390 g/mol. The molecule has 1 amide bonds. The maximum absolute atomic E-state index is 12.2. The third kappa shape index (κ3) is 3.20. The van der Waals surface area contributed by atoms with Gasteiger partial charge in [-0.15, -0.1) is 0 Å². The fourth-order valence-corrected chi connectivity index (χ4v) is 3.61. The number of nitrogens with one attached hydrogen (secondary N) is 1. The van der Waals surface area contributed by atoms with E-state index in [1.54, 1.807) is 0 Å². The Balaban J connectivity index is 2.01. The van der Waals surface area contributed by atoms with Gasteiger partial charge in [-0.3, -0.25) is 4.79 Å². The molecule has 19 heavy (non-hydrogen) atoms. The van der Waals surface area contributed by atoms with E-state index in [-0.39, 0.29) is 11.4 Å². The summed E-state index contributed by atoms with van der Waals surface area (Å²) in [5.41, 5.74) is 0.828. The highest BCUT2D eigenvalue weighted by Gasteiger charge is 2.39. The molecule has 0 aliphatic heterocycles. The van der Waals surface area contributed by atoms with Crippen LogP contribution in [0.5, 0.6) is 0 Å². The molecule has 0 aromatic heterocycles. The largest absolute Gasteiger partial charge is 0.350 e. The molecular formula is C14H18Br2N2O. The first-order valence-corrected chi connectivity index (χ1v) is 7.94. The van der Waals surface area contributed by atoms with Crippen molar-refractivity contribution in [1.82, 2.24) is 10.2 Å². The van der Waals surface area contributed by atoms with Gasteiger partial charge in [0, 0.05) is 21.0 Å². The highest BCUT2D eigenvalue weighted by Crippen LogP contribution is 2.35. The van der Waals surface area contributed by atoms with E-state index in [1.807, 2.05) is 18.2 Å². The minimum Gasteiger partial charge on any atom is -0.350 e. The van der Waals surface area contributed by atoms with Crippen LogP contribution in [0.3, 0.4) is 0 Å². The SMILES string of the molecule is CN(C)C1(CNC(=O)c2ccc(Br)cc2Br)CCC1. The molecule has 0 unspecified atom stereocenters. The Kier molecular flexibility index (Phi) is 4.69. The van der Waals surface area contributed by atoms with Gasteiger partial charge in [-0.1, -0.05) is 15.9 Å². The van der Waals surface area contributed by atoms with Crippen LogP contribution in [0.2, 0.25) is 0 Å². The Morgan fingerprint density at radius 3 is 2.53 bits per heavy atom. The van der Waals surface area contributed by atoms with Gasteiger partial charge in [-0.05, 0) is 67.5 Å². The van der Waals surface area contributed by atoms with Crippen molar-refractivity contribution in [1.29, 1.82) is 0 Å². The van der Waals surface area contributed by atoms with E-state index < -0.39 is 0 Å². The highest BCUT2D eigenvalue weighted by molar-refractivity contribution is 9.11. The zero-order valence-electron chi connectivity index (χ0n) is 11.2. The number of rotatable bonds is 4. The molecule has 0 radical (unpaired) electrons. The van der Waals surface area contributed by atoms with Gasteiger partial charge in [0.05, 0.1) is 5.56 Å². The van der Waals surface area contributed by atoms with Gasteiger partial charge in [-0.2, -0.15) is 0 Å². The number of nitrogens with zero attached hydrogens (tertiary/aromatic N) is 1. The molecule has 0 atom stereocenters. The summed E-state index contributed by atoms with van der Waals surface area (Å²) in [7, 11) is 4.17. The van der Waals surface area contributed by atoms with Crippen LogP contribution in [0.25, 0.3) is 0 Å². The molecule has 1 aromatic carbocycles. The van der Waals surface area contributed by atoms with E-state index in [0.717, 1.165) is 21.8 Å². The monoisotopic (exact) mass is 388 g/mol. The fourth-order valence-electron chi connectivity index (χ4n) is 2.38. The second kappa shape index (κ2) is 5.94. The van der Waals surface area contributed by atoms with Crippen molar-refractivity contribution in [3.63, 3.8) is 0 Å². The third-order valence-electron chi connectivity index (χ3n) is 3.99.